The maximum atomic E-state index is 14.4. The van der Waals surface area contributed by atoms with Gasteiger partial charge in [0.05, 0.1) is 5.52 Å². The number of halogens is 7. The molecule has 3 aromatic carbocycles. The van der Waals surface area contributed by atoms with Gasteiger partial charge in [0.25, 0.3) is 5.56 Å². The minimum atomic E-state index is -6.81. The van der Waals surface area contributed by atoms with Gasteiger partial charge in [0.15, 0.2) is 0 Å². The van der Waals surface area contributed by atoms with Crippen LogP contribution >= 0.6 is 11.3 Å². The third kappa shape index (κ3) is 3.50. The van der Waals surface area contributed by atoms with Crippen LogP contribution in [0.2, 0.25) is 0 Å². The lowest BCUT2D eigenvalue weighted by atomic mass is 9.97. The Balaban J connectivity index is 1.91. The van der Waals surface area contributed by atoms with Crippen LogP contribution in [0.25, 0.3) is 36.8 Å². The highest BCUT2D eigenvalue weighted by Gasteiger charge is 2.76. The number of nitrogens with zero attached hydrogens (tertiary/aromatic N) is 1. The molecular formula is C25H12F7NO3S. The summed E-state index contributed by atoms with van der Waals surface area (Å²) in [4.78, 5) is 25.9. The summed E-state index contributed by atoms with van der Waals surface area (Å²) in [7, 11) is 0. The highest BCUT2D eigenvalue weighted by Crippen LogP contribution is 2.49. The molecule has 0 spiro atoms. The zero-order chi connectivity index (χ0) is 26.9. The third-order valence-electron chi connectivity index (χ3n) is 5.92. The van der Waals surface area contributed by atoms with Crippen molar-refractivity contribution >= 4 is 48.2 Å². The van der Waals surface area contributed by atoms with Gasteiger partial charge in [-0.05, 0) is 30.3 Å². The van der Waals surface area contributed by atoms with Gasteiger partial charge in [0.1, 0.15) is 11.3 Å². The van der Waals surface area contributed by atoms with Gasteiger partial charge in [-0.3, -0.25) is 14.2 Å². The van der Waals surface area contributed by atoms with E-state index in [0.717, 1.165) is 4.70 Å². The van der Waals surface area contributed by atoms with Crippen LogP contribution in [0.5, 0.6) is 5.75 Å². The number of carbonyl (C=O) groups is 1. The molecule has 37 heavy (non-hydrogen) atoms. The monoisotopic (exact) mass is 539 g/mol. The first kappa shape index (κ1) is 24.8. The van der Waals surface area contributed by atoms with Crippen molar-refractivity contribution in [2.75, 3.05) is 0 Å². The number of fused-ring (bicyclic) bond motifs is 4. The molecule has 0 fully saturated rings. The average molecular weight is 539 g/mol. The van der Waals surface area contributed by atoms with Gasteiger partial charge in [0, 0.05) is 31.2 Å². The topological polar surface area (TPSA) is 59.3 Å². The van der Waals surface area contributed by atoms with Crippen LogP contribution < -0.4 is 5.56 Å². The molecule has 0 aliphatic heterocycles. The lowest BCUT2D eigenvalue weighted by Gasteiger charge is -2.27. The van der Waals surface area contributed by atoms with Crippen molar-refractivity contribution < 1.29 is 40.6 Å². The SMILES string of the molecule is O=C(c1c(O)c2cc3c(cc2n(-c2ccccc2)c1=O)sc1ccccc13)C(F)(F)C(F)(F)C(F)(F)F. The predicted octanol–water partition coefficient (Wildman–Crippen LogP) is 7.08. The predicted molar refractivity (Wildman–Crippen MR) is 124 cm³/mol. The quantitative estimate of drug-likeness (QED) is 0.196. The van der Waals surface area contributed by atoms with Crippen LogP contribution in [0.15, 0.2) is 71.5 Å². The number of ketones is 1. The van der Waals surface area contributed by atoms with Gasteiger partial charge in [-0.15, -0.1) is 11.3 Å². The zero-order valence-electron chi connectivity index (χ0n) is 18.1. The number of pyridine rings is 1. The Hall–Kier alpha value is -3.93. The van der Waals surface area contributed by atoms with E-state index < -0.39 is 40.7 Å². The average Bonchev–Trinajstić information content (AvgIpc) is 3.20. The summed E-state index contributed by atoms with van der Waals surface area (Å²) in [6.45, 7) is 0. The Morgan fingerprint density at radius 1 is 0.784 bits per heavy atom. The van der Waals surface area contributed by atoms with Crippen LogP contribution in [0.3, 0.4) is 0 Å². The number of hydrogen-bond donors (Lipinski definition) is 1. The molecule has 2 heterocycles. The van der Waals surface area contributed by atoms with E-state index in [1.807, 2.05) is 0 Å². The lowest BCUT2D eigenvalue weighted by molar-refractivity contribution is -0.339. The molecule has 1 N–H and O–H groups in total. The smallest absolute Gasteiger partial charge is 0.460 e. The van der Waals surface area contributed by atoms with Crippen LogP contribution in [-0.4, -0.2) is 33.5 Å². The van der Waals surface area contributed by atoms with Gasteiger partial charge in [-0.25, -0.2) is 0 Å². The lowest BCUT2D eigenvalue weighted by Crippen LogP contribution is -2.57. The first-order valence-electron chi connectivity index (χ1n) is 10.4. The summed E-state index contributed by atoms with van der Waals surface area (Å²) in [6.07, 6.45) is -6.81. The van der Waals surface area contributed by atoms with Gasteiger partial charge in [0.2, 0.25) is 5.78 Å². The van der Waals surface area contributed by atoms with E-state index in [1.165, 1.54) is 47.7 Å². The highest BCUT2D eigenvalue weighted by atomic mass is 32.1. The van der Waals surface area contributed by atoms with Gasteiger partial charge in [-0.1, -0.05) is 36.4 Å². The number of aromatic hydroxyl groups is 1. The fraction of sp³-hybridized carbons (Fsp3) is 0.120. The van der Waals surface area contributed by atoms with Gasteiger partial charge < -0.3 is 5.11 Å². The fourth-order valence-electron chi connectivity index (χ4n) is 4.11. The van der Waals surface area contributed by atoms with E-state index >= 15 is 0 Å². The number of thiophene rings is 1. The molecule has 0 bridgehead atoms. The van der Waals surface area contributed by atoms with E-state index in [0.29, 0.717) is 20.0 Å². The minimum Gasteiger partial charge on any atom is -0.506 e. The molecular weight excluding hydrogens is 527 g/mol. The largest absolute Gasteiger partial charge is 0.506 e. The van der Waals surface area contributed by atoms with Crippen molar-refractivity contribution in [1.29, 1.82) is 0 Å². The number of rotatable bonds is 4. The Kier molecular flexibility index (Phi) is 5.38. The van der Waals surface area contributed by atoms with Gasteiger partial charge in [-0.2, -0.15) is 30.7 Å². The first-order chi connectivity index (χ1) is 17.3. The fourth-order valence-corrected chi connectivity index (χ4v) is 5.23. The molecule has 0 aliphatic rings. The number of benzene rings is 3. The summed E-state index contributed by atoms with van der Waals surface area (Å²) in [5.74, 6) is -17.8. The number of hydrogen-bond acceptors (Lipinski definition) is 4. The summed E-state index contributed by atoms with van der Waals surface area (Å²) in [6, 6.07) is 16.8. The van der Waals surface area contributed by atoms with Crippen molar-refractivity contribution in [2.45, 2.75) is 18.0 Å². The molecule has 2 aromatic heterocycles. The number of carbonyl (C=O) groups excluding carboxylic acids is 1. The second-order valence-electron chi connectivity index (χ2n) is 8.14. The van der Waals surface area contributed by atoms with Crippen LogP contribution in [0, 0.1) is 0 Å². The molecule has 5 aromatic rings. The van der Waals surface area contributed by atoms with Crippen molar-refractivity contribution in [3.63, 3.8) is 0 Å². The highest BCUT2D eigenvalue weighted by molar-refractivity contribution is 7.25. The van der Waals surface area contributed by atoms with E-state index in [4.69, 9.17) is 0 Å². The summed E-state index contributed by atoms with van der Waals surface area (Å²) >= 11 is 1.30. The van der Waals surface area contributed by atoms with Crippen molar-refractivity contribution in [3.8, 4) is 11.4 Å². The standard InChI is InChI=1S/C25H12F7NO3S/c26-23(27,24(28,29)25(30,31)32)21(35)19-20(34)15-10-14-13-8-4-5-9-17(13)37-18(14)11-16(15)33(22(19)36)12-6-2-1-3-7-12/h1-11,34H. The van der Waals surface area contributed by atoms with Crippen LogP contribution in [-0.2, 0) is 0 Å². The zero-order valence-corrected chi connectivity index (χ0v) is 18.9. The normalized spacial score (nSPS) is 13.1. The number of aromatic nitrogens is 1. The minimum absolute atomic E-state index is 0.00194. The van der Waals surface area contributed by atoms with E-state index in [-0.39, 0.29) is 16.6 Å². The molecule has 0 saturated carbocycles. The second kappa shape index (κ2) is 8.04. The molecule has 0 atom stereocenters. The Bertz CT molecular complexity index is 1770. The maximum Gasteiger partial charge on any atom is 0.460 e. The Morgan fingerprint density at radius 3 is 2.05 bits per heavy atom. The van der Waals surface area contributed by atoms with Gasteiger partial charge >= 0.3 is 18.0 Å². The van der Waals surface area contributed by atoms with Crippen LogP contribution in [0.4, 0.5) is 30.7 Å². The number of alkyl halides is 7. The Labute approximate surface area is 205 Å². The molecule has 0 saturated heterocycles. The maximum absolute atomic E-state index is 14.4. The molecule has 0 aliphatic carbocycles. The summed E-state index contributed by atoms with van der Waals surface area (Å²) in [5.41, 5.74) is -3.64. The number of Topliss-reactive ketones (excluding diaryl/α,β-unsaturated/α-hetero) is 1. The summed E-state index contributed by atoms with van der Waals surface area (Å²) < 4.78 is 96.6. The molecule has 12 heteroatoms. The second-order valence-corrected chi connectivity index (χ2v) is 9.22. The summed E-state index contributed by atoms with van der Waals surface area (Å²) in [5, 5.41) is 11.6. The van der Waals surface area contributed by atoms with Crippen LogP contribution in [0.1, 0.15) is 10.4 Å². The molecule has 5 rings (SSSR count). The number of para-hydroxylation sites is 1. The van der Waals surface area contributed by atoms with E-state index in [1.54, 1.807) is 30.3 Å². The third-order valence-corrected chi connectivity index (χ3v) is 7.06. The molecule has 190 valence electrons. The van der Waals surface area contributed by atoms with Crippen molar-refractivity contribution in [2.24, 2.45) is 0 Å². The van der Waals surface area contributed by atoms with E-state index in [9.17, 15) is 45.4 Å². The molecule has 0 radical (unpaired) electrons. The van der Waals surface area contributed by atoms with E-state index in [2.05, 4.69) is 0 Å². The first-order valence-corrected chi connectivity index (χ1v) is 11.2. The van der Waals surface area contributed by atoms with Crippen molar-refractivity contribution in [3.05, 3.63) is 82.6 Å². The molecule has 0 amide bonds. The van der Waals surface area contributed by atoms with Crippen molar-refractivity contribution in [1.82, 2.24) is 4.57 Å². The Morgan fingerprint density at radius 2 is 1.41 bits per heavy atom. The molecule has 4 nitrogen and oxygen atoms in total. The molecule has 0 unspecified atom stereocenters.